The molecule has 2 aromatic rings. The van der Waals surface area contributed by atoms with Gasteiger partial charge in [-0.15, -0.1) is 0 Å². The van der Waals surface area contributed by atoms with Crippen LogP contribution in [0, 0.1) is 41.2 Å². The summed E-state index contributed by atoms with van der Waals surface area (Å²) in [5.74, 6) is 7.88. The molecule has 0 bridgehead atoms. The number of hydrogen-bond donors (Lipinski definition) is 0. The van der Waals surface area contributed by atoms with Gasteiger partial charge in [0.1, 0.15) is 0 Å². The van der Waals surface area contributed by atoms with Gasteiger partial charge >= 0.3 is 0 Å². The van der Waals surface area contributed by atoms with Gasteiger partial charge in [0.2, 0.25) is 0 Å². The summed E-state index contributed by atoms with van der Waals surface area (Å²) in [6.45, 7) is 2.32. The largest absolute Gasteiger partial charge is 0.204 e. The Kier molecular flexibility index (Phi) is 7.44. The molecule has 0 unspecified atom stereocenters. The fourth-order valence-corrected chi connectivity index (χ4v) is 5.84. The average Bonchev–Trinajstić information content (AvgIpc) is 2.81. The Bertz CT molecular complexity index is 902. The molecule has 0 N–H and O–H groups in total. The first-order valence-electron chi connectivity index (χ1n) is 12.2. The normalized spacial score (nSPS) is 26.2. The van der Waals surface area contributed by atoms with Gasteiger partial charge < -0.3 is 0 Å². The van der Waals surface area contributed by atoms with Gasteiger partial charge in [-0.05, 0) is 98.1 Å². The first-order valence-corrected chi connectivity index (χ1v) is 12.2. The molecule has 0 aromatic heterocycles. The molecule has 2 aliphatic carbocycles. The van der Waals surface area contributed by atoms with Crippen LogP contribution in [0.25, 0.3) is 0 Å². The highest BCUT2D eigenvalue weighted by Crippen LogP contribution is 2.44. The van der Waals surface area contributed by atoms with Crippen LogP contribution in [0.2, 0.25) is 0 Å². The van der Waals surface area contributed by atoms with Gasteiger partial charge in [0.05, 0.1) is 0 Å². The molecule has 0 heterocycles. The van der Waals surface area contributed by atoms with E-state index in [0.717, 1.165) is 35.4 Å². The molecule has 0 saturated heterocycles. The SMILES string of the molecule is CCCC1CCC(C2CCC(c3ccc(C#Cc4ccc(F)c(F)c4)cc3)CC2)CC1. The Morgan fingerprint density at radius 1 is 0.710 bits per heavy atom. The molecule has 164 valence electrons. The summed E-state index contributed by atoms with van der Waals surface area (Å²) in [6.07, 6.45) is 14.0. The summed E-state index contributed by atoms with van der Waals surface area (Å²) in [5.41, 5.74) is 2.82. The topological polar surface area (TPSA) is 0 Å². The molecule has 0 atom stereocenters. The summed E-state index contributed by atoms with van der Waals surface area (Å²) < 4.78 is 26.3. The van der Waals surface area contributed by atoms with Crippen LogP contribution >= 0.6 is 0 Å². The first kappa shape index (κ1) is 22.1. The molecule has 4 rings (SSSR count). The van der Waals surface area contributed by atoms with Crippen LogP contribution in [-0.2, 0) is 0 Å². The minimum absolute atomic E-state index is 0.491. The molecular formula is C29H34F2. The second-order valence-electron chi connectivity index (χ2n) is 9.68. The molecule has 2 saturated carbocycles. The van der Waals surface area contributed by atoms with Gasteiger partial charge in [0.15, 0.2) is 11.6 Å². The van der Waals surface area contributed by atoms with Crippen LogP contribution in [0.1, 0.15) is 93.7 Å². The van der Waals surface area contributed by atoms with Gasteiger partial charge in [0.25, 0.3) is 0 Å². The van der Waals surface area contributed by atoms with E-state index in [2.05, 4.69) is 43.0 Å². The van der Waals surface area contributed by atoms with E-state index >= 15 is 0 Å². The number of rotatable bonds is 4. The van der Waals surface area contributed by atoms with Gasteiger partial charge in [-0.1, -0.05) is 56.6 Å². The van der Waals surface area contributed by atoms with Gasteiger partial charge in [-0.2, -0.15) is 0 Å². The van der Waals surface area contributed by atoms with Crippen LogP contribution in [0.4, 0.5) is 8.78 Å². The smallest absolute Gasteiger partial charge is 0.160 e. The highest BCUT2D eigenvalue weighted by atomic mass is 19.2. The van der Waals surface area contributed by atoms with Crippen LogP contribution in [0.3, 0.4) is 0 Å². The van der Waals surface area contributed by atoms with Crippen LogP contribution in [0.5, 0.6) is 0 Å². The molecule has 2 heteroatoms. The third-order valence-corrected chi connectivity index (χ3v) is 7.68. The van der Waals surface area contributed by atoms with Gasteiger partial charge in [0, 0.05) is 11.1 Å². The van der Waals surface area contributed by atoms with Crippen LogP contribution in [-0.4, -0.2) is 0 Å². The summed E-state index contributed by atoms with van der Waals surface area (Å²) in [4.78, 5) is 0. The highest BCUT2D eigenvalue weighted by Gasteiger charge is 2.31. The molecule has 0 radical (unpaired) electrons. The van der Waals surface area contributed by atoms with Crippen molar-refractivity contribution in [2.75, 3.05) is 0 Å². The first-order chi connectivity index (χ1) is 15.1. The molecule has 0 spiro atoms. The Morgan fingerprint density at radius 3 is 1.90 bits per heavy atom. The molecule has 0 aliphatic heterocycles. The van der Waals surface area contributed by atoms with E-state index in [0.29, 0.717) is 11.5 Å². The van der Waals surface area contributed by atoms with Crippen molar-refractivity contribution in [3.05, 3.63) is 70.8 Å². The third kappa shape index (κ3) is 5.76. The van der Waals surface area contributed by atoms with Crippen molar-refractivity contribution in [1.29, 1.82) is 0 Å². The minimum Gasteiger partial charge on any atom is -0.204 e. The second-order valence-corrected chi connectivity index (χ2v) is 9.68. The third-order valence-electron chi connectivity index (χ3n) is 7.68. The Hall–Kier alpha value is -2.14. The van der Waals surface area contributed by atoms with Crippen molar-refractivity contribution < 1.29 is 8.78 Å². The lowest BCUT2D eigenvalue weighted by Gasteiger charge is -2.38. The predicted octanol–water partition coefficient (Wildman–Crippen LogP) is 8.24. The maximum Gasteiger partial charge on any atom is 0.160 e. The minimum atomic E-state index is -0.855. The fraction of sp³-hybridized carbons (Fsp3) is 0.517. The molecule has 2 aliphatic rings. The second kappa shape index (κ2) is 10.4. The molecule has 2 fully saturated rings. The monoisotopic (exact) mass is 420 g/mol. The van der Waals surface area contributed by atoms with E-state index < -0.39 is 11.6 Å². The van der Waals surface area contributed by atoms with Crippen molar-refractivity contribution in [1.82, 2.24) is 0 Å². The zero-order valence-electron chi connectivity index (χ0n) is 18.7. The Morgan fingerprint density at radius 2 is 1.29 bits per heavy atom. The van der Waals surface area contributed by atoms with E-state index in [1.54, 1.807) is 0 Å². The van der Waals surface area contributed by atoms with E-state index in [1.807, 2.05) is 0 Å². The standard InChI is InChI=1S/C29H34F2/c1-2-3-21-6-11-24(12-7-21)26-15-17-27(18-16-26)25-13-8-22(9-14-25)4-5-23-10-19-28(30)29(31)20-23/h8-10,13-14,19-21,24,26-27H,2-3,6-7,11-12,15-18H2,1H3. The molecule has 31 heavy (non-hydrogen) atoms. The average molecular weight is 421 g/mol. The zero-order chi connectivity index (χ0) is 21.6. The Labute approximate surface area is 186 Å². The van der Waals surface area contributed by atoms with Crippen molar-refractivity contribution in [2.45, 2.75) is 77.0 Å². The van der Waals surface area contributed by atoms with Crippen LogP contribution < -0.4 is 0 Å². The lowest BCUT2D eigenvalue weighted by atomic mass is 9.68. The molecule has 2 aromatic carbocycles. The summed E-state index contributed by atoms with van der Waals surface area (Å²) in [6, 6.07) is 12.3. The summed E-state index contributed by atoms with van der Waals surface area (Å²) >= 11 is 0. The number of benzene rings is 2. The van der Waals surface area contributed by atoms with Crippen molar-refractivity contribution in [3.63, 3.8) is 0 Å². The lowest BCUT2D eigenvalue weighted by Crippen LogP contribution is -2.25. The van der Waals surface area contributed by atoms with Gasteiger partial charge in [-0.3, -0.25) is 0 Å². The van der Waals surface area contributed by atoms with E-state index in [1.165, 1.54) is 75.8 Å². The van der Waals surface area contributed by atoms with E-state index in [9.17, 15) is 8.78 Å². The van der Waals surface area contributed by atoms with E-state index in [-0.39, 0.29) is 0 Å². The van der Waals surface area contributed by atoms with Crippen molar-refractivity contribution in [2.24, 2.45) is 17.8 Å². The molecule has 0 nitrogen and oxygen atoms in total. The quantitative estimate of drug-likeness (QED) is 0.437. The summed E-state index contributed by atoms with van der Waals surface area (Å²) in [5, 5.41) is 0. The van der Waals surface area contributed by atoms with Gasteiger partial charge in [-0.25, -0.2) is 8.78 Å². The van der Waals surface area contributed by atoms with Crippen molar-refractivity contribution in [3.8, 4) is 11.8 Å². The number of halogens is 2. The highest BCUT2D eigenvalue weighted by molar-refractivity contribution is 5.44. The predicted molar refractivity (Wildman–Crippen MR) is 124 cm³/mol. The number of hydrogen-bond acceptors (Lipinski definition) is 0. The maximum atomic E-state index is 13.3. The maximum absolute atomic E-state index is 13.3. The Balaban J connectivity index is 1.29. The molecule has 0 amide bonds. The molecular weight excluding hydrogens is 386 g/mol. The van der Waals surface area contributed by atoms with Crippen LogP contribution in [0.15, 0.2) is 42.5 Å². The lowest BCUT2D eigenvalue weighted by molar-refractivity contribution is 0.156. The van der Waals surface area contributed by atoms with E-state index in [4.69, 9.17) is 0 Å². The van der Waals surface area contributed by atoms with Crippen molar-refractivity contribution >= 4 is 0 Å². The fourth-order valence-electron chi connectivity index (χ4n) is 5.84. The summed E-state index contributed by atoms with van der Waals surface area (Å²) in [7, 11) is 0. The zero-order valence-corrected chi connectivity index (χ0v) is 18.7.